The van der Waals surface area contributed by atoms with Crippen LogP contribution in [0.15, 0.2) is 36.7 Å². The molecule has 0 unspecified atom stereocenters. The van der Waals surface area contributed by atoms with E-state index in [1.54, 1.807) is 17.7 Å². The first-order valence-electron chi connectivity index (χ1n) is 6.29. The molecule has 2 aromatic heterocycles. The number of aromatic nitrogens is 2. The molecular weight excluding hydrogens is 254 g/mol. The number of thiophene rings is 1. The van der Waals surface area contributed by atoms with E-state index in [-0.39, 0.29) is 0 Å². The lowest BCUT2D eigenvalue weighted by atomic mass is 10.1. The Hall–Kier alpha value is -1.78. The van der Waals surface area contributed by atoms with Crippen LogP contribution in [-0.4, -0.2) is 16.5 Å². The molecular formula is C15H14N3S. The molecule has 3 nitrogen and oxygen atoms in total. The van der Waals surface area contributed by atoms with Crippen LogP contribution < -0.4 is 5.32 Å². The standard InChI is InChI=1S/C15H14N3S/c1-2-16-8-11-3-5-12(6-4-11)14-7-13-15(19-14)9-17-10-18-13/h3-7,10,16H,2,8H2,1H3. The van der Waals surface area contributed by atoms with Crippen LogP contribution in [0.5, 0.6) is 0 Å². The molecule has 0 saturated heterocycles. The molecule has 1 radical (unpaired) electrons. The van der Waals surface area contributed by atoms with Crippen molar-refractivity contribution < 1.29 is 0 Å². The molecule has 3 aromatic rings. The number of nitrogens with one attached hydrogen (secondary N) is 1. The van der Waals surface area contributed by atoms with Crippen LogP contribution in [0.3, 0.4) is 0 Å². The van der Waals surface area contributed by atoms with Gasteiger partial charge in [0.25, 0.3) is 0 Å². The van der Waals surface area contributed by atoms with Crippen molar-refractivity contribution >= 4 is 21.6 Å². The van der Waals surface area contributed by atoms with Crippen molar-refractivity contribution in [1.29, 1.82) is 0 Å². The Bertz CT molecular complexity index is 640. The number of fused-ring (bicyclic) bond motifs is 1. The maximum atomic E-state index is 4.24. The van der Waals surface area contributed by atoms with E-state index in [0.717, 1.165) is 23.3 Å². The van der Waals surface area contributed by atoms with Crippen molar-refractivity contribution in [1.82, 2.24) is 15.3 Å². The summed E-state index contributed by atoms with van der Waals surface area (Å²) in [5, 5.41) is 3.32. The molecule has 0 spiro atoms. The average molecular weight is 268 g/mol. The molecule has 2 heterocycles. The van der Waals surface area contributed by atoms with Gasteiger partial charge in [0.15, 0.2) is 0 Å². The number of nitrogens with zero attached hydrogens (tertiary/aromatic N) is 2. The quantitative estimate of drug-likeness (QED) is 0.789. The lowest BCUT2D eigenvalue weighted by molar-refractivity contribution is 0.727. The Morgan fingerprint density at radius 3 is 2.84 bits per heavy atom. The molecule has 1 N–H and O–H groups in total. The molecule has 0 fully saturated rings. The van der Waals surface area contributed by atoms with Crippen molar-refractivity contribution in [2.45, 2.75) is 13.5 Å². The second kappa shape index (κ2) is 5.47. The van der Waals surface area contributed by atoms with Gasteiger partial charge in [0.05, 0.1) is 10.2 Å². The van der Waals surface area contributed by atoms with E-state index < -0.39 is 0 Å². The lowest BCUT2D eigenvalue weighted by Crippen LogP contribution is -2.11. The summed E-state index contributed by atoms with van der Waals surface area (Å²) in [5.41, 5.74) is 3.49. The summed E-state index contributed by atoms with van der Waals surface area (Å²) in [7, 11) is 0. The van der Waals surface area contributed by atoms with Gasteiger partial charge in [0, 0.05) is 11.4 Å². The average Bonchev–Trinajstić information content (AvgIpc) is 2.89. The van der Waals surface area contributed by atoms with Gasteiger partial charge in [0.1, 0.15) is 12.5 Å². The number of hydrogen-bond acceptors (Lipinski definition) is 4. The van der Waals surface area contributed by atoms with Crippen LogP contribution in [0.1, 0.15) is 12.5 Å². The van der Waals surface area contributed by atoms with Crippen LogP contribution in [-0.2, 0) is 6.54 Å². The molecule has 0 amide bonds. The third-order valence-corrected chi connectivity index (χ3v) is 4.03. The first kappa shape index (κ1) is 12.3. The van der Waals surface area contributed by atoms with E-state index in [2.05, 4.69) is 58.7 Å². The first-order valence-corrected chi connectivity index (χ1v) is 7.10. The minimum atomic E-state index is 0.919. The minimum absolute atomic E-state index is 0.919. The zero-order valence-electron chi connectivity index (χ0n) is 10.7. The predicted molar refractivity (Wildman–Crippen MR) is 79.1 cm³/mol. The summed E-state index contributed by atoms with van der Waals surface area (Å²) in [6, 6.07) is 10.7. The van der Waals surface area contributed by atoms with E-state index in [1.165, 1.54) is 16.0 Å². The van der Waals surface area contributed by atoms with Crippen LogP contribution in [0.25, 0.3) is 20.7 Å². The Morgan fingerprint density at radius 1 is 1.26 bits per heavy atom. The molecule has 0 aliphatic carbocycles. The highest BCUT2D eigenvalue weighted by Crippen LogP contribution is 2.31. The maximum Gasteiger partial charge on any atom is 0.116 e. The second-order valence-corrected chi connectivity index (χ2v) is 5.34. The Kier molecular flexibility index (Phi) is 3.53. The number of rotatable bonds is 4. The van der Waals surface area contributed by atoms with Gasteiger partial charge < -0.3 is 5.32 Å². The summed E-state index contributed by atoms with van der Waals surface area (Å²) < 4.78 is 1.01. The molecule has 0 aliphatic heterocycles. The SMILES string of the molecule is CCNCc1ccc(-c2cc3ncn[c]c3s2)cc1. The minimum Gasteiger partial charge on any atom is -0.313 e. The first-order chi connectivity index (χ1) is 9.36. The van der Waals surface area contributed by atoms with Crippen molar-refractivity contribution in [3.8, 4) is 10.4 Å². The molecule has 3 rings (SSSR count). The van der Waals surface area contributed by atoms with Gasteiger partial charge in [-0.2, -0.15) is 0 Å². The van der Waals surface area contributed by atoms with Crippen LogP contribution >= 0.6 is 11.3 Å². The van der Waals surface area contributed by atoms with E-state index in [4.69, 9.17) is 0 Å². The second-order valence-electron chi connectivity index (χ2n) is 4.29. The maximum absolute atomic E-state index is 4.24. The smallest absolute Gasteiger partial charge is 0.116 e. The number of hydrogen-bond donors (Lipinski definition) is 1. The fraction of sp³-hybridized carbons (Fsp3) is 0.200. The largest absolute Gasteiger partial charge is 0.313 e. The van der Waals surface area contributed by atoms with E-state index in [1.807, 2.05) is 0 Å². The van der Waals surface area contributed by atoms with Crippen molar-refractivity contribution in [2.24, 2.45) is 0 Å². The predicted octanol–water partition coefficient (Wildman–Crippen LogP) is 3.27. The topological polar surface area (TPSA) is 37.8 Å². The van der Waals surface area contributed by atoms with Crippen molar-refractivity contribution in [3.05, 3.63) is 48.4 Å². The Labute approximate surface area is 116 Å². The van der Waals surface area contributed by atoms with Crippen molar-refractivity contribution in [2.75, 3.05) is 6.54 Å². The van der Waals surface area contributed by atoms with Gasteiger partial charge in [-0.3, -0.25) is 0 Å². The van der Waals surface area contributed by atoms with Gasteiger partial charge in [-0.05, 0) is 23.7 Å². The third-order valence-electron chi connectivity index (χ3n) is 2.95. The highest BCUT2D eigenvalue weighted by molar-refractivity contribution is 7.22. The third kappa shape index (κ3) is 2.64. The molecule has 19 heavy (non-hydrogen) atoms. The van der Waals surface area contributed by atoms with Crippen LogP contribution in [0.4, 0.5) is 0 Å². The highest BCUT2D eigenvalue weighted by Gasteiger charge is 2.05. The van der Waals surface area contributed by atoms with Crippen LogP contribution in [0.2, 0.25) is 0 Å². The van der Waals surface area contributed by atoms with Gasteiger partial charge >= 0.3 is 0 Å². The Morgan fingerprint density at radius 2 is 2.11 bits per heavy atom. The zero-order chi connectivity index (χ0) is 13.1. The molecule has 4 heteroatoms. The van der Waals surface area contributed by atoms with Crippen molar-refractivity contribution in [3.63, 3.8) is 0 Å². The molecule has 1 aromatic carbocycles. The van der Waals surface area contributed by atoms with Gasteiger partial charge in [-0.15, -0.1) is 11.3 Å². The van der Waals surface area contributed by atoms with Gasteiger partial charge in [-0.1, -0.05) is 31.2 Å². The number of benzene rings is 1. The zero-order valence-corrected chi connectivity index (χ0v) is 11.5. The van der Waals surface area contributed by atoms with E-state index in [0.29, 0.717) is 0 Å². The van der Waals surface area contributed by atoms with Gasteiger partial charge in [0.2, 0.25) is 0 Å². The van der Waals surface area contributed by atoms with E-state index in [9.17, 15) is 0 Å². The molecule has 0 atom stereocenters. The monoisotopic (exact) mass is 268 g/mol. The van der Waals surface area contributed by atoms with Crippen LogP contribution in [0, 0.1) is 6.20 Å². The Balaban J connectivity index is 1.88. The summed E-state index contributed by atoms with van der Waals surface area (Å²) in [5.74, 6) is 0. The van der Waals surface area contributed by atoms with E-state index >= 15 is 0 Å². The normalized spacial score (nSPS) is 11.0. The molecule has 95 valence electrons. The highest BCUT2D eigenvalue weighted by atomic mass is 32.1. The fourth-order valence-corrected chi connectivity index (χ4v) is 2.89. The molecule has 0 aliphatic rings. The molecule has 0 bridgehead atoms. The summed E-state index contributed by atoms with van der Waals surface area (Å²) in [6.07, 6.45) is 4.52. The summed E-state index contributed by atoms with van der Waals surface area (Å²) in [4.78, 5) is 9.39. The molecule has 0 saturated carbocycles. The lowest BCUT2D eigenvalue weighted by Gasteiger charge is -2.03. The summed E-state index contributed by atoms with van der Waals surface area (Å²) >= 11 is 1.68. The van der Waals surface area contributed by atoms with Gasteiger partial charge in [-0.25, -0.2) is 9.97 Å². The fourth-order valence-electron chi connectivity index (χ4n) is 1.93. The summed E-state index contributed by atoms with van der Waals surface area (Å²) in [6.45, 7) is 4.03.